The zero-order valence-electron chi connectivity index (χ0n) is 13.6. The van der Waals surface area contributed by atoms with Gasteiger partial charge in [0, 0.05) is 9.90 Å². The Morgan fingerprint density at radius 2 is 2.00 bits per heavy atom. The zero-order chi connectivity index (χ0) is 18.4. The lowest BCUT2D eigenvalue weighted by molar-refractivity contribution is -0.119. The second kappa shape index (κ2) is 8.55. The number of benzene rings is 1. The second-order valence-corrected chi connectivity index (χ2v) is 6.80. The molecule has 0 aliphatic carbocycles. The molecule has 2 amide bonds. The van der Waals surface area contributed by atoms with E-state index in [0.29, 0.717) is 22.9 Å². The van der Waals surface area contributed by atoms with Gasteiger partial charge in [-0.2, -0.15) is 0 Å². The van der Waals surface area contributed by atoms with E-state index < -0.39 is 5.91 Å². The molecule has 0 unspecified atom stereocenters. The third-order valence-electron chi connectivity index (χ3n) is 3.45. The van der Waals surface area contributed by atoms with Gasteiger partial charge in [-0.25, -0.2) is 0 Å². The van der Waals surface area contributed by atoms with Crippen LogP contribution in [0.4, 0.5) is 11.4 Å². The summed E-state index contributed by atoms with van der Waals surface area (Å²) in [6.45, 7) is 0.553. The molecule has 0 saturated carbocycles. The molecule has 134 valence electrons. The monoisotopic (exact) mass is 389 g/mol. The highest BCUT2D eigenvalue weighted by Crippen LogP contribution is 2.26. The average molecular weight is 390 g/mol. The standard InChI is InChI=1S/C18H16ClN3O3S/c19-12-5-6-14(15(9-12)22-18(24)16-4-1-7-25-16)20-11-17(23)21-10-13-3-2-8-26-13/h1-9,20H,10-11H2,(H,21,23)(H,22,24). The molecular weight excluding hydrogens is 374 g/mol. The van der Waals surface area contributed by atoms with Gasteiger partial charge < -0.3 is 20.4 Å². The number of hydrogen-bond acceptors (Lipinski definition) is 5. The van der Waals surface area contributed by atoms with Crippen LogP contribution in [0.25, 0.3) is 0 Å². The molecule has 0 radical (unpaired) electrons. The number of furan rings is 1. The third-order valence-corrected chi connectivity index (χ3v) is 4.57. The van der Waals surface area contributed by atoms with Gasteiger partial charge in [0.05, 0.1) is 30.7 Å². The third kappa shape index (κ3) is 4.87. The Labute approximate surface area is 159 Å². The summed E-state index contributed by atoms with van der Waals surface area (Å²) in [4.78, 5) is 25.2. The van der Waals surface area contributed by atoms with Gasteiger partial charge in [-0.15, -0.1) is 11.3 Å². The summed E-state index contributed by atoms with van der Waals surface area (Å²) < 4.78 is 5.07. The van der Waals surface area contributed by atoms with Crippen molar-refractivity contribution in [2.75, 3.05) is 17.2 Å². The van der Waals surface area contributed by atoms with E-state index in [0.717, 1.165) is 4.88 Å². The number of amides is 2. The van der Waals surface area contributed by atoms with Crippen LogP contribution in [0.5, 0.6) is 0 Å². The van der Waals surface area contributed by atoms with Crippen LogP contribution in [-0.2, 0) is 11.3 Å². The Morgan fingerprint density at radius 3 is 2.73 bits per heavy atom. The largest absolute Gasteiger partial charge is 0.459 e. The molecule has 3 N–H and O–H groups in total. The maximum absolute atomic E-state index is 12.2. The Morgan fingerprint density at radius 1 is 1.12 bits per heavy atom. The molecule has 0 bridgehead atoms. The van der Waals surface area contributed by atoms with Gasteiger partial charge in [0.2, 0.25) is 5.91 Å². The Balaban J connectivity index is 1.60. The van der Waals surface area contributed by atoms with Gasteiger partial charge in [0.1, 0.15) is 0 Å². The van der Waals surface area contributed by atoms with Crippen molar-refractivity contribution >= 4 is 46.1 Å². The van der Waals surface area contributed by atoms with Crippen LogP contribution in [0.1, 0.15) is 15.4 Å². The summed E-state index contributed by atoms with van der Waals surface area (Å²) in [6, 6.07) is 12.1. The molecule has 3 aromatic rings. The van der Waals surface area contributed by atoms with Crippen molar-refractivity contribution in [2.24, 2.45) is 0 Å². The Hall–Kier alpha value is -2.77. The number of hydrogen-bond donors (Lipinski definition) is 3. The number of nitrogens with one attached hydrogen (secondary N) is 3. The molecule has 26 heavy (non-hydrogen) atoms. The van der Waals surface area contributed by atoms with Crippen LogP contribution in [0, 0.1) is 0 Å². The van der Waals surface area contributed by atoms with Crippen molar-refractivity contribution in [3.05, 3.63) is 69.8 Å². The molecule has 0 saturated heterocycles. The van der Waals surface area contributed by atoms with E-state index >= 15 is 0 Å². The molecule has 0 atom stereocenters. The summed E-state index contributed by atoms with van der Waals surface area (Å²) in [5, 5.41) is 11.0. The van der Waals surface area contributed by atoms with Gasteiger partial charge in [-0.05, 0) is 41.8 Å². The predicted octanol–water partition coefficient (Wildman–Crippen LogP) is 3.98. The first-order valence-electron chi connectivity index (χ1n) is 7.79. The smallest absolute Gasteiger partial charge is 0.291 e. The van der Waals surface area contributed by atoms with Crippen LogP contribution < -0.4 is 16.0 Å². The minimum atomic E-state index is -0.400. The molecule has 1 aromatic carbocycles. The van der Waals surface area contributed by atoms with Gasteiger partial charge in [0.15, 0.2) is 5.76 Å². The summed E-state index contributed by atoms with van der Waals surface area (Å²) in [5.74, 6) is -0.372. The molecule has 0 spiro atoms. The fraction of sp³-hybridized carbons (Fsp3) is 0.111. The van der Waals surface area contributed by atoms with E-state index in [9.17, 15) is 9.59 Å². The number of carbonyl (C=O) groups is 2. The van der Waals surface area contributed by atoms with E-state index in [1.165, 1.54) is 6.26 Å². The molecule has 0 fully saturated rings. The highest BCUT2D eigenvalue weighted by atomic mass is 35.5. The molecule has 0 aliphatic rings. The van der Waals surface area contributed by atoms with Crippen molar-refractivity contribution < 1.29 is 14.0 Å². The van der Waals surface area contributed by atoms with Crippen molar-refractivity contribution in [3.8, 4) is 0 Å². The van der Waals surface area contributed by atoms with E-state index in [-0.39, 0.29) is 18.2 Å². The molecule has 8 heteroatoms. The molecule has 2 aromatic heterocycles. The van der Waals surface area contributed by atoms with Crippen molar-refractivity contribution in [3.63, 3.8) is 0 Å². The quantitative estimate of drug-likeness (QED) is 0.570. The topological polar surface area (TPSA) is 83.4 Å². The molecule has 3 rings (SSSR count). The maximum atomic E-state index is 12.2. The maximum Gasteiger partial charge on any atom is 0.291 e. The first kappa shape index (κ1) is 18.0. The van der Waals surface area contributed by atoms with Crippen molar-refractivity contribution in [2.45, 2.75) is 6.54 Å². The Bertz CT molecular complexity index is 879. The lowest BCUT2D eigenvalue weighted by atomic mass is 10.2. The summed E-state index contributed by atoms with van der Waals surface area (Å²) in [5.41, 5.74) is 1.05. The molecule has 0 aliphatic heterocycles. The normalized spacial score (nSPS) is 10.3. The summed E-state index contributed by atoms with van der Waals surface area (Å²) >= 11 is 7.60. The van der Waals surface area contributed by atoms with E-state index in [1.54, 1.807) is 41.7 Å². The number of anilines is 2. The van der Waals surface area contributed by atoms with E-state index in [1.807, 2.05) is 17.5 Å². The highest BCUT2D eigenvalue weighted by molar-refractivity contribution is 7.09. The highest BCUT2D eigenvalue weighted by Gasteiger charge is 2.12. The van der Waals surface area contributed by atoms with Crippen molar-refractivity contribution in [1.82, 2.24) is 5.32 Å². The molecule has 2 heterocycles. The number of rotatable bonds is 7. The lowest BCUT2D eigenvalue weighted by Gasteiger charge is -2.13. The van der Waals surface area contributed by atoms with Crippen LogP contribution in [0.15, 0.2) is 58.5 Å². The van der Waals surface area contributed by atoms with Crippen LogP contribution in [0.2, 0.25) is 5.02 Å². The van der Waals surface area contributed by atoms with Gasteiger partial charge in [0.25, 0.3) is 5.91 Å². The SMILES string of the molecule is O=C(CNc1ccc(Cl)cc1NC(=O)c1ccco1)NCc1cccs1. The lowest BCUT2D eigenvalue weighted by Crippen LogP contribution is -2.29. The van der Waals surface area contributed by atoms with Gasteiger partial charge in [-0.1, -0.05) is 17.7 Å². The summed E-state index contributed by atoms with van der Waals surface area (Å²) in [7, 11) is 0. The summed E-state index contributed by atoms with van der Waals surface area (Å²) in [6.07, 6.45) is 1.42. The fourth-order valence-corrected chi connectivity index (χ4v) is 3.02. The first-order valence-corrected chi connectivity index (χ1v) is 9.05. The van der Waals surface area contributed by atoms with Crippen LogP contribution >= 0.6 is 22.9 Å². The van der Waals surface area contributed by atoms with Crippen LogP contribution in [0.3, 0.4) is 0 Å². The number of halogens is 1. The van der Waals surface area contributed by atoms with E-state index in [2.05, 4.69) is 16.0 Å². The second-order valence-electron chi connectivity index (χ2n) is 5.33. The molecular formula is C18H16ClN3O3S. The van der Waals surface area contributed by atoms with E-state index in [4.69, 9.17) is 16.0 Å². The van der Waals surface area contributed by atoms with Gasteiger partial charge in [-0.3, -0.25) is 9.59 Å². The Kier molecular flexibility index (Phi) is 5.93. The van der Waals surface area contributed by atoms with Gasteiger partial charge >= 0.3 is 0 Å². The molecule has 6 nitrogen and oxygen atoms in total. The van der Waals surface area contributed by atoms with Crippen molar-refractivity contribution in [1.29, 1.82) is 0 Å². The first-order chi connectivity index (χ1) is 12.6. The zero-order valence-corrected chi connectivity index (χ0v) is 15.2. The minimum absolute atomic E-state index is 0.0661. The van der Waals surface area contributed by atoms with Crippen LogP contribution in [-0.4, -0.2) is 18.4 Å². The minimum Gasteiger partial charge on any atom is -0.459 e. The fourth-order valence-electron chi connectivity index (χ4n) is 2.20. The average Bonchev–Trinajstić information content (AvgIpc) is 3.33. The predicted molar refractivity (Wildman–Crippen MR) is 103 cm³/mol. The number of carbonyl (C=O) groups excluding carboxylic acids is 2. The number of thiophene rings is 1.